The molecule has 7 unspecified atom stereocenters. The van der Waals surface area contributed by atoms with Gasteiger partial charge in [-0.15, -0.1) is 0 Å². The first-order valence-electron chi connectivity index (χ1n) is 36.6. The van der Waals surface area contributed by atoms with Crippen LogP contribution in [0.25, 0.3) is 0 Å². The van der Waals surface area contributed by atoms with Crippen molar-refractivity contribution < 1.29 is 39.8 Å². The fourth-order valence-corrected chi connectivity index (χ4v) is 10.7. The lowest BCUT2D eigenvalue weighted by Gasteiger charge is -2.40. The van der Waals surface area contributed by atoms with Gasteiger partial charge in [0.25, 0.3) is 0 Å². The molecule has 6 N–H and O–H groups in total. The van der Waals surface area contributed by atoms with Crippen LogP contribution in [0.3, 0.4) is 0 Å². The summed E-state index contributed by atoms with van der Waals surface area (Å²) < 4.78 is 11.3. The number of allylic oxidation sites excluding steroid dienone is 23. The summed E-state index contributed by atoms with van der Waals surface area (Å²) in [4.78, 5) is 13.1. The number of aliphatic hydroxyl groups excluding tert-OH is 5. The van der Waals surface area contributed by atoms with Crippen LogP contribution in [-0.2, 0) is 14.3 Å². The van der Waals surface area contributed by atoms with Crippen LogP contribution < -0.4 is 5.32 Å². The van der Waals surface area contributed by atoms with Gasteiger partial charge in [-0.1, -0.05) is 327 Å². The van der Waals surface area contributed by atoms with E-state index in [1.165, 1.54) is 161 Å². The van der Waals surface area contributed by atoms with Gasteiger partial charge in [0.1, 0.15) is 24.4 Å². The van der Waals surface area contributed by atoms with E-state index < -0.39 is 49.5 Å². The number of nitrogens with one attached hydrogen (secondary N) is 1. The van der Waals surface area contributed by atoms with Crippen LogP contribution >= 0.6 is 0 Å². The standard InChI is InChI=1S/C80H135NO8/c1-3-5-7-9-11-13-15-17-19-21-23-25-27-29-31-32-33-34-35-36-37-38-39-40-41-42-44-46-48-50-52-54-56-58-60-62-64-66-68-70-76(84)81-73(72-88-80-79(87)78(86)77(85)75(71-82)89-80)74(83)69-67-65-63-61-59-57-55-53-51-49-47-45-43-30-28-26-24-22-20-18-16-14-12-10-8-6-4-2/h5,7,11,13,17,19,23,25,29,31,33-34,36-37,39-40,42,44,48,50,59,61,67,69,73-75,77-80,82-83,85-87H,3-4,6,8-10,12,14-16,18,20-22,24,26-28,30,32,35,38,41,43,45-47,49,51-58,60,62-66,68,70-72H2,1-2H3,(H,81,84)/b7-5-,13-11-,19-17-,25-23-,31-29-,34-33-,37-36-,40-39-,44-42-,50-48-,61-59+,69-67+. The molecule has 7 atom stereocenters. The van der Waals surface area contributed by atoms with Crippen LogP contribution in [0.4, 0.5) is 0 Å². The van der Waals surface area contributed by atoms with Crippen molar-refractivity contribution in [2.24, 2.45) is 0 Å². The minimum Gasteiger partial charge on any atom is -0.394 e. The summed E-state index contributed by atoms with van der Waals surface area (Å²) in [5.74, 6) is -0.198. The SMILES string of the molecule is CC/C=C\C/C=C\C/C=C\C/C=C\C/C=C\C/C=C\C/C=C\C/C=C\C/C=C\C/C=C\CCCCCCCCCCC(=O)NC(COC1OC(CO)C(O)C(O)C1O)C(O)/C=C/CC/C=C/CCCCCCCCCCCCCCCCCCCCCCC. The van der Waals surface area contributed by atoms with Gasteiger partial charge in [0.2, 0.25) is 5.91 Å². The molecule has 1 saturated heterocycles. The van der Waals surface area contributed by atoms with Gasteiger partial charge in [0.05, 0.1) is 25.4 Å². The molecule has 1 aliphatic rings. The molecule has 1 aliphatic heterocycles. The summed E-state index contributed by atoms with van der Waals surface area (Å²) in [6, 6.07) is -0.839. The average molecular weight is 1240 g/mol. The molecule has 9 heteroatoms. The summed E-state index contributed by atoms with van der Waals surface area (Å²) >= 11 is 0. The number of aliphatic hydroxyl groups is 5. The molecule has 1 rings (SSSR count). The van der Waals surface area contributed by atoms with E-state index in [0.717, 1.165) is 116 Å². The molecule has 508 valence electrons. The van der Waals surface area contributed by atoms with E-state index in [0.29, 0.717) is 6.42 Å². The zero-order valence-corrected chi connectivity index (χ0v) is 56.9. The van der Waals surface area contributed by atoms with Gasteiger partial charge in [0.15, 0.2) is 6.29 Å². The topological polar surface area (TPSA) is 149 Å². The van der Waals surface area contributed by atoms with Crippen LogP contribution in [0.5, 0.6) is 0 Å². The predicted molar refractivity (Wildman–Crippen MR) is 382 cm³/mol. The number of hydrogen-bond donors (Lipinski definition) is 6. The van der Waals surface area contributed by atoms with Crippen molar-refractivity contribution in [3.05, 3.63) is 146 Å². The zero-order valence-electron chi connectivity index (χ0n) is 56.9. The Labute approximate surface area is 546 Å². The number of carbonyl (C=O) groups excluding carboxylic acids is 1. The molecule has 0 aromatic rings. The van der Waals surface area contributed by atoms with Crippen LogP contribution in [0.1, 0.15) is 296 Å². The molecule has 1 amide bonds. The minimum atomic E-state index is -1.58. The predicted octanol–water partition coefficient (Wildman–Crippen LogP) is 20.5. The molecule has 0 saturated carbocycles. The third-order valence-corrected chi connectivity index (χ3v) is 16.4. The van der Waals surface area contributed by atoms with Crippen LogP contribution in [0, 0.1) is 0 Å². The van der Waals surface area contributed by atoms with E-state index >= 15 is 0 Å². The van der Waals surface area contributed by atoms with Gasteiger partial charge >= 0.3 is 0 Å². The number of amides is 1. The van der Waals surface area contributed by atoms with Gasteiger partial charge in [0, 0.05) is 6.42 Å². The normalized spacial score (nSPS) is 18.8. The number of unbranched alkanes of at least 4 members (excludes halogenated alkanes) is 30. The van der Waals surface area contributed by atoms with Gasteiger partial charge in [-0.05, 0) is 109 Å². The van der Waals surface area contributed by atoms with E-state index in [2.05, 4.69) is 153 Å². The summed E-state index contributed by atoms with van der Waals surface area (Å²) in [7, 11) is 0. The number of rotatable bonds is 62. The quantitative estimate of drug-likeness (QED) is 0.0261. The van der Waals surface area contributed by atoms with Crippen molar-refractivity contribution in [3.8, 4) is 0 Å². The van der Waals surface area contributed by atoms with Crippen molar-refractivity contribution in [1.82, 2.24) is 5.32 Å². The number of carbonyl (C=O) groups is 1. The molecular formula is C80H135NO8. The Morgan fingerprint density at radius 1 is 0.393 bits per heavy atom. The third-order valence-electron chi connectivity index (χ3n) is 16.4. The first kappa shape index (κ1) is 83.1. The molecular weight excluding hydrogens is 1100 g/mol. The van der Waals surface area contributed by atoms with Gasteiger partial charge in [-0.2, -0.15) is 0 Å². The third kappa shape index (κ3) is 55.4. The Bertz CT molecular complexity index is 1920. The molecule has 9 nitrogen and oxygen atoms in total. The highest BCUT2D eigenvalue weighted by atomic mass is 16.7. The Hall–Kier alpha value is -3.93. The number of hydrogen-bond acceptors (Lipinski definition) is 8. The van der Waals surface area contributed by atoms with Crippen molar-refractivity contribution in [2.45, 2.75) is 339 Å². The van der Waals surface area contributed by atoms with Crippen LogP contribution in [0.15, 0.2) is 146 Å². The van der Waals surface area contributed by atoms with E-state index in [4.69, 9.17) is 9.47 Å². The van der Waals surface area contributed by atoms with Gasteiger partial charge in [-0.25, -0.2) is 0 Å². The maximum absolute atomic E-state index is 13.1. The molecule has 0 spiro atoms. The lowest BCUT2D eigenvalue weighted by Crippen LogP contribution is -2.60. The van der Waals surface area contributed by atoms with E-state index in [-0.39, 0.29) is 12.5 Å². The highest BCUT2D eigenvalue weighted by Crippen LogP contribution is 2.23. The lowest BCUT2D eigenvalue weighted by atomic mass is 9.99. The highest BCUT2D eigenvalue weighted by molar-refractivity contribution is 5.76. The second-order valence-corrected chi connectivity index (χ2v) is 24.6. The molecule has 0 aromatic heterocycles. The van der Waals surface area contributed by atoms with Gasteiger partial charge in [-0.3, -0.25) is 4.79 Å². The molecule has 0 aromatic carbocycles. The van der Waals surface area contributed by atoms with Crippen molar-refractivity contribution in [1.29, 1.82) is 0 Å². The zero-order chi connectivity index (χ0) is 64.2. The average Bonchev–Trinajstić information content (AvgIpc) is 2.42. The van der Waals surface area contributed by atoms with Crippen molar-refractivity contribution in [3.63, 3.8) is 0 Å². The molecule has 0 bridgehead atoms. The van der Waals surface area contributed by atoms with Crippen LogP contribution in [-0.4, -0.2) is 87.5 Å². The monoisotopic (exact) mass is 1240 g/mol. The highest BCUT2D eigenvalue weighted by Gasteiger charge is 2.44. The van der Waals surface area contributed by atoms with Crippen molar-refractivity contribution >= 4 is 5.91 Å². The van der Waals surface area contributed by atoms with Crippen LogP contribution in [0.2, 0.25) is 0 Å². The Kier molecular flexibility index (Phi) is 62.5. The molecule has 1 heterocycles. The van der Waals surface area contributed by atoms with Gasteiger partial charge < -0.3 is 40.3 Å². The lowest BCUT2D eigenvalue weighted by molar-refractivity contribution is -0.302. The first-order chi connectivity index (χ1) is 43.8. The largest absolute Gasteiger partial charge is 0.394 e. The number of ether oxygens (including phenoxy) is 2. The maximum Gasteiger partial charge on any atom is 0.220 e. The fourth-order valence-electron chi connectivity index (χ4n) is 10.7. The Morgan fingerprint density at radius 2 is 0.708 bits per heavy atom. The molecule has 0 radical (unpaired) electrons. The summed E-state index contributed by atoms with van der Waals surface area (Å²) in [6.07, 6.45) is 96.7. The molecule has 89 heavy (non-hydrogen) atoms. The minimum absolute atomic E-state index is 0.198. The maximum atomic E-state index is 13.1. The fraction of sp³-hybridized carbons (Fsp3) is 0.688. The summed E-state index contributed by atoms with van der Waals surface area (Å²) in [5.41, 5.74) is 0. The Balaban J connectivity index is 2.17. The summed E-state index contributed by atoms with van der Waals surface area (Å²) in [6.45, 7) is 3.66. The smallest absolute Gasteiger partial charge is 0.220 e. The van der Waals surface area contributed by atoms with E-state index in [1.54, 1.807) is 6.08 Å². The summed E-state index contributed by atoms with van der Waals surface area (Å²) in [5, 5.41) is 54.8. The second-order valence-electron chi connectivity index (χ2n) is 24.6. The van der Waals surface area contributed by atoms with E-state index in [9.17, 15) is 30.3 Å². The first-order valence-corrected chi connectivity index (χ1v) is 36.6. The molecule has 1 fully saturated rings. The van der Waals surface area contributed by atoms with Crippen molar-refractivity contribution in [2.75, 3.05) is 13.2 Å². The van der Waals surface area contributed by atoms with E-state index in [1.807, 2.05) is 6.08 Å². The molecule has 0 aliphatic carbocycles. The Morgan fingerprint density at radius 3 is 1.08 bits per heavy atom. The second kappa shape index (κ2) is 67.0.